The van der Waals surface area contributed by atoms with Crippen LogP contribution in [0.1, 0.15) is 18.9 Å². The van der Waals surface area contributed by atoms with Gasteiger partial charge < -0.3 is 4.90 Å². The summed E-state index contributed by atoms with van der Waals surface area (Å²) in [5.74, 6) is -0.0383. The van der Waals surface area contributed by atoms with Gasteiger partial charge in [-0.15, -0.1) is 0 Å². The molecule has 0 fully saturated rings. The first-order chi connectivity index (χ1) is 15.4. The summed E-state index contributed by atoms with van der Waals surface area (Å²) in [5.41, 5.74) is 3.87. The maximum Gasteiger partial charge on any atom is 0.261 e. The first-order valence-electron chi connectivity index (χ1n) is 10.2. The largest absolute Gasteiger partial charge is 0.312 e. The third-order valence-corrected chi connectivity index (χ3v) is 7.82. The van der Waals surface area contributed by atoms with E-state index in [0.717, 1.165) is 45.0 Å². The van der Waals surface area contributed by atoms with Crippen molar-refractivity contribution in [1.29, 1.82) is 0 Å². The standard InChI is InChI=1S/C23H20N4O3S2/c1-15(28)27-13-3-4-17-14-19(10-11-21(17)27)32(29,30)26-18-8-6-16(7-9-18)22-25-20-5-2-12-24-23(20)31-22/h2,5-12,14,26H,3-4,13H2,1H3. The molecule has 1 amide bonds. The zero-order valence-corrected chi connectivity index (χ0v) is 18.9. The summed E-state index contributed by atoms with van der Waals surface area (Å²) in [6, 6.07) is 15.8. The number of anilines is 2. The second-order valence-corrected chi connectivity index (χ2v) is 10.3. The van der Waals surface area contributed by atoms with Crippen molar-refractivity contribution in [1.82, 2.24) is 9.97 Å². The van der Waals surface area contributed by atoms with Crippen molar-refractivity contribution in [2.75, 3.05) is 16.2 Å². The van der Waals surface area contributed by atoms with Gasteiger partial charge in [0.25, 0.3) is 10.0 Å². The Kier molecular flexibility index (Phi) is 5.15. The quantitative estimate of drug-likeness (QED) is 0.481. The number of benzene rings is 2. The zero-order chi connectivity index (χ0) is 22.3. The number of rotatable bonds is 4. The van der Waals surface area contributed by atoms with Crippen molar-refractivity contribution in [3.05, 3.63) is 66.4 Å². The second kappa shape index (κ2) is 7.99. The van der Waals surface area contributed by atoms with Crippen molar-refractivity contribution in [2.24, 2.45) is 0 Å². The van der Waals surface area contributed by atoms with Gasteiger partial charge in [-0.3, -0.25) is 9.52 Å². The minimum absolute atomic E-state index is 0.0383. The van der Waals surface area contributed by atoms with Crippen LogP contribution in [0.25, 0.3) is 20.9 Å². The number of thiazole rings is 1. The fourth-order valence-corrected chi connectivity index (χ4v) is 5.88. The summed E-state index contributed by atoms with van der Waals surface area (Å²) < 4.78 is 28.6. The smallest absolute Gasteiger partial charge is 0.261 e. The van der Waals surface area contributed by atoms with Gasteiger partial charge in [0.2, 0.25) is 5.91 Å². The number of sulfonamides is 1. The van der Waals surface area contributed by atoms with Crippen LogP contribution < -0.4 is 9.62 Å². The number of aryl methyl sites for hydroxylation is 1. The number of hydrogen-bond acceptors (Lipinski definition) is 6. The maximum absolute atomic E-state index is 13.0. The number of nitrogens with one attached hydrogen (secondary N) is 1. The van der Waals surface area contributed by atoms with Crippen molar-refractivity contribution in [3.63, 3.8) is 0 Å². The molecule has 1 N–H and O–H groups in total. The highest BCUT2D eigenvalue weighted by Crippen LogP contribution is 2.32. The molecule has 9 heteroatoms. The minimum atomic E-state index is -3.76. The lowest BCUT2D eigenvalue weighted by atomic mass is 10.0. The molecule has 0 atom stereocenters. The van der Waals surface area contributed by atoms with Gasteiger partial charge in [-0.05, 0) is 73.0 Å². The maximum atomic E-state index is 13.0. The van der Waals surface area contributed by atoms with Gasteiger partial charge in [0, 0.05) is 36.6 Å². The number of nitrogens with zero attached hydrogens (tertiary/aromatic N) is 3. The van der Waals surface area contributed by atoms with Crippen LogP contribution in [0.15, 0.2) is 65.7 Å². The van der Waals surface area contributed by atoms with Crippen LogP contribution in [0.4, 0.5) is 11.4 Å². The molecule has 1 aliphatic heterocycles. The second-order valence-electron chi connectivity index (χ2n) is 7.59. The summed E-state index contributed by atoms with van der Waals surface area (Å²) in [4.78, 5) is 23.5. The Balaban J connectivity index is 1.38. The Morgan fingerprint density at radius 1 is 1.12 bits per heavy atom. The van der Waals surface area contributed by atoms with E-state index in [1.165, 1.54) is 18.3 Å². The van der Waals surface area contributed by atoms with E-state index < -0.39 is 10.0 Å². The molecular formula is C23H20N4O3S2. The van der Waals surface area contributed by atoms with E-state index in [9.17, 15) is 13.2 Å². The lowest BCUT2D eigenvalue weighted by Crippen LogP contribution is -2.33. The number of carbonyl (C=O) groups is 1. The lowest BCUT2D eigenvalue weighted by Gasteiger charge is -2.28. The first-order valence-corrected chi connectivity index (χ1v) is 12.5. The Hall–Kier alpha value is -3.30. The fraction of sp³-hybridized carbons (Fsp3) is 0.174. The molecule has 0 spiro atoms. The van der Waals surface area contributed by atoms with E-state index in [4.69, 9.17) is 0 Å². The molecule has 5 rings (SSSR count). The molecule has 162 valence electrons. The van der Waals surface area contributed by atoms with Crippen molar-refractivity contribution >= 4 is 49.0 Å². The van der Waals surface area contributed by atoms with E-state index in [0.29, 0.717) is 12.2 Å². The van der Waals surface area contributed by atoms with Gasteiger partial charge in [0.1, 0.15) is 15.4 Å². The lowest BCUT2D eigenvalue weighted by molar-refractivity contribution is -0.116. The molecule has 0 saturated heterocycles. The number of pyridine rings is 1. The van der Waals surface area contributed by atoms with Crippen molar-refractivity contribution < 1.29 is 13.2 Å². The molecule has 4 aromatic rings. The van der Waals surface area contributed by atoms with Gasteiger partial charge in [-0.2, -0.15) is 0 Å². The van der Waals surface area contributed by atoms with E-state index in [1.54, 1.807) is 41.4 Å². The molecule has 0 unspecified atom stereocenters. The summed E-state index contributed by atoms with van der Waals surface area (Å²) in [7, 11) is -3.76. The Bertz CT molecular complexity index is 1400. The highest BCUT2D eigenvalue weighted by atomic mass is 32.2. The molecular weight excluding hydrogens is 444 g/mol. The van der Waals surface area contributed by atoms with Crippen molar-refractivity contribution in [3.8, 4) is 10.6 Å². The summed E-state index contributed by atoms with van der Waals surface area (Å²) in [6.07, 6.45) is 3.29. The predicted molar refractivity (Wildman–Crippen MR) is 126 cm³/mol. The molecule has 2 aromatic heterocycles. The molecule has 0 saturated carbocycles. The SMILES string of the molecule is CC(=O)N1CCCc2cc(S(=O)(=O)Nc3ccc(-c4nc5cccnc5s4)cc3)ccc21. The predicted octanol–water partition coefficient (Wildman–Crippen LogP) is 4.46. The number of fused-ring (bicyclic) bond motifs is 2. The van der Waals surface area contributed by atoms with Crippen LogP contribution in [0, 0.1) is 0 Å². The molecule has 3 heterocycles. The number of carbonyl (C=O) groups excluding carboxylic acids is 1. The van der Waals surface area contributed by atoms with Gasteiger partial charge in [0.05, 0.1) is 4.90 Å². The minimum Gasteiger partial charge on any atom is -0.312 e. The average molecular weight is 465 g/mol. The van der Waals surface area contributed by atoms with E-state index in [-0.39, 0.29) is 10.8 Å². The van der Waals surface area contributed by atoms with Crippen LogP contribution >= 0.6 is 11.3 Å². The van der Waals surface area contributed by atoms with Gasteiger partial charge in [-0.25, -0.2) is 18.4 Å². The topological polar surface area (TPSA) is 92.3 Å². The van der Waals surface area contributed by atoms with Gasteiger partial charge >= 0.3 is 0 Å². The number of hydrogen-bond donors (Lipinski definition) is 1. The number of aromatic nitrogens is 2. The molecule has 0 radical (unpaired) electrons. The van der Waals surface area contributed by atoms with Gasteiger partial charge in [0.15, 0.2) is 0 Å². The average Bonchev–Trinajstić information content (AvgIpc) is 3.23. The third kappa shape index (κ3) is 3.85. The highest BCUT2D eigenvalue weighted by molar-refractivity contribution is 7.92. The molecule has 2 aromatic carbocycles. The molecule has 1 aliphatic rings. The van der Waals surface area contributed by atoms with Crippen LogP contribution in [-0.4, -0.2) is 30.8 Å². The molecule has 7 nitrogen and oxygen atoms in total. The molecule has 0 aliphatic carbocycles. The number of amides is 1. The van der Waals surface area contributed by atoms with E-state index in [2.05, 4.69) is 14.7 Å². The van der Waals surface area contributed by atoms with Crippen molar-refractivity contribution in [2.45, 2.75) is 24.7 Å². The Morgan fingerprint density at radius 2 is 1.94 bits per heavy atom. The van der Waals surface area contributed by atoms with Crippen LogP contribution in [-0.2, 0) is 21.2 Å². The summed E-state index contributed by atoms with van der Waals surface area (Å²) >= 11 is 1.49. The summed E-state index contributed by atoms with van der Waals surface area (Å²) in [5, 5.41) is 0.831. The third-order valence-electron chi connectivity index (χ3n) is 5.41. The van der Waals surface area contributed by atoms with Crippen LogP contribution in [0.5, 0.6) is 0 Å². The normalized spacial score (nSPS) is 13.7. The summed E-state index contributed by atoms with van der Waals surface area (Å²) in [6.45, 7) is 2.18. The Morgan fingerprint density at radius 3 is 2.69 bits per heavy atom. The van der Waals surface area contributed by atoms with E-state index in [1.807, 2.05) is 24.3 Å². The van der Waals surface area contributed by atoms with Crippen LogP contribution in [0.3, 0.4) is 0 Å². The molecule has 32 heavy (non-hydrogen) atoms. The van der Waals surface area contributed by atoms with E-state index >= 15 is 0 Å². The van der Waals surface area contributed by atoms with Gasteiger partial charge in [-0.1, -0.05) is 11.3 Å². The zero-order valence-electron chi connectivity index (χ0n) is 17.3. The Labute approximate surface area is 189 Å². The van der Waals surface area contributed by atoms with Crippen LogP contribution in [0.2, 0.25) is 0 Å². The fourth-order valence-electron chi connectivity index (χ4n) is 3.86. The highest BCUT2D eigenvalue weighted by Gasteiger charge is 2.23. The first kappa shape index (κ1) is 20.6. The molecule has 0 bridgehead atoms. The monoisotopic (exact) mass is 464 g/mol.